The van der Waals surface area contributed by atoms with Gasteiger partial charge in [-0.15, -0.1) is 11.8 Å². The predicted octanol–water partition coefficient (Wildman–Crippen LogP) is 17.1. The summed E-state index contributed by atoms with van der Waals surface area (Å²) in [6, 6.07) is 24.2. The molecule has 11 rings (SSSR count). The van der Waals surface area contributed by atoms with E-state index in [-0.39, 0.29) is 0 Å². The Hall–Kier alpha value is -4.85. The van der Waals surface area contributed by atoms with Gasteiger partial charge in [0.05, 0.1) is 0 Å². The lowest BCUT2D eigenvalue weighted by Gasteiger charge is -2.40. The molecule has 3 aromatic carbocycles. The van der Waals surface area contributed by atoms with E-state index in [1.165, 1.54) is 113 Å². The Kier molecular flexibility index (Phi) is 11.4. The van der Waals surface area contributed by atoms with Crippen LogP contribution in [0.5, 0.6) is 0 Å². The van der Waals surface area contributed by atoms with Crippen LogP contribution in [-0.2, 0) is 0 Å². The van der Waals surface area contributed by atoms with E-state index in [0.717, 1.165) is 31.4 Å². The summed E-state index contributed by atoms with van der Waals surface area (Å²) in [6.45, 7) is 2.60. The molecule has 0 radical (unpaired) electrons. The van der Waals surface area contributed by atoms with Crippen molar-refractivity contribution in [2.45, 2.75) is 103 Å². The molecule has 3 aromatic rings. The Labute approximate surface area is 375 Å². The van der Waals surface area contributed by atoms with Gasteiger partial charge in [-0.1, -0.05) is 141 Å². The molecule has 5 unspecified atom stereocenters. The van der Waals surface area contributed by atoms with Crippen molar-refractivity contribution in [1.29, 1.82) is 0 Å². The molecule has 7 aliphatic carbocycles. The Balaban J connectivity index is 1.14. The van der Waals surface area contributed by atoms with E-state index in [9.17, 15) is 0 Å². The molecule has 5 atom stereocenters. The molecule has 0 nitrogen and oxygen atoms in total. The fourth-order valence-corrected chi connectivity index (χ4v) is 13.8. The minimum atomic E-state index is 0.333. The quantitative estimate of drug-likeness (QED) is 0.223. The van der Waals surface area contributed by atoms with Crippen molar-refractivity contribution in [3.8, 4) is 0 Å². The zero-order valence-electron chi connectivity index (χ0n) is 36.8. The van der Waals surface area contributed by atoms with Crippen molar-refractivity contribution < 1.29 is 0 Å². The van der Waals surface area contributed by atoms with Crippen LogP contribution in [0.4, 0.5) is 0 Å². The third kappa shape index (κ3) is 7.47. The normalized spacial score (nSPS) is 29.7. The van der Waals surface area contributed by atoms with Crippen LogP contribution in [0, 0.1) is 23.7 Å². The Bertz CT molecular complexity index is 2660. The maximum Gasteiger partial charge on any atom is 0.0241 e. The molecule has 0 spiro atoms. The molecule has 0 saturated heterocycles. The van der Waals surface area contributed by atoms with Crippen LogP contribution in [0.15, 0.2) is 185 Å². The van der Waals surface area contributed by atoms with E-state index in [1.807, 2.05) is 0 Å². The number of fused-ring (bicyclic) bond motifs is 4. The SMILES string of the molecule is CC1/C(C2=CCCC=C2)=C(/c2ccc3c(c2)C(C2C=CCCC2)=C2C=CC=CC2C3C2=CCCC=C2)SC/C(C2=CCCCC2)=C(/c2ccc3ccccc3c2)C2=CCCCC21. The largest absolute Gasteiger partial charge is 0.120 e. The first kappa shape index (κ1) is 40.0. The Morgan fingerprint density at radius 1 is 0.629 bits per heavy atom. The molecule has 0 bridgehead atoms. The van der Waals surface area contributed by atoms with E-state index in [1.54, 1.807) is 39.0 Å². The van der Waals surface area contributed by atoms with Gasteiger partial charge in [0.1, 0.15) is 0 Å². The van der Waals surface area contributed by atoms with E-state index >= 15 is 0 Å². The molecule has 8 aliphatic rings. The van der Waals surface area contributed by atoms with Crippen LogP contribution in [0.25, 0.3) is 26.8 Å². The second kappa shape index (κ2) is 17.7. The van der Waals surface area contributed by atoms with Gasteiger partial charge in [0, 0.05) is 28.4 Å². The summed E-state index contributed by atoms with van der Waals surface area (Å²) >= 11 is 2.16. The predicted molar refractivity (Wildman–Crippen MR) is 269 cm³/mol. The van der Waals surface area contributed by atoms with Gasteiger partial charge in [0.25, 0.3) is 0 Å². The smallest absolute Gasteiger partial charge is 0.0241 e. The number of hydrogen-bond donors (Lipinski definition) is 0. The molecule has 0 amide bonds. The molecular formula is C61H62S. The van der Waals surface area contributed by atoms with E-state index in [4.69, 9.17) is 0 Å². The summed E-state index contributed by atoms with van der Waals surface area (Å²) in [7, 11) is 0. The first-order valence-electron chi connectivity index (χ1n) is 24.3. The van der Waals surface area contributed by atoms with Crippen molar-refractivity contribution in [3.05, 3.63) is 207 Å². The lowest BCUT2D eigenvalue weighted by atomic mass is 9.64. The van der Waals surface area contributed by atoms with Gasteiger partial charge in [0.2, 0.25) is 0 Å². The van der Waals surface area contributed by atoms with Gasteiger partial charge >= 0.3 is 0 Å². The Morgan fingerprint density at radius 2 is 1.48 bits per heavy atom. The van der Waals surface area contributed by atoms with Crippen molar-refractivity contribution >= 4 is 38.6 Å². The van der Waals surface area contributed by atoms with Gasteiger partial charge in [-0.25, -0.2) is 0 Å². The fraction of sp³-hybridized carbons (Fsp3) is 0.344. The summed E-state index contributed by atoms with van der Waals surface area (Å²) in [5.74, 6) is 2.93. The summed E-state index contributed by atoms with van der Waals surface area (Å²) in [4.78, 5) is 1.51. The van der Waals surface area contributed by atoms with Gasteiger partial charge in [-0.3, -0.25) is 0 Å². The topological polar surface area (TPSA) is 0 Å². The summed E-state index contributed by atoms with van der Waals surface area (Å²) in [5.41, 5.74) is 19.9. The highest BCUT2D eigenvalue weighted by Gasteiger charge is 2.39. The molecule has 0 fully saturated rings. The third-order valence-corrected chi connectivity index (χ3v) is 16.6. The highest BCUT2D eigenvalue weighted by molar-refractivity contribution is 8.08. The molecule has 312 valence electrons. The third-order valence-electron chi connectivity index (χ3n) is 15.4. The summed E-state index contributed by atoms with van der Waals surface area (Å²) < 4.78 is 0. The second-order valence-electron chi connectivity index (χ2n) is 19.1. The lowest BCUT2D eigenvalue weighted by molar-refractivity contribution is 0.421. The zero-order valence-corrected chi connectivity index (χ0v) is 37.6. The average Bonchev–Trinajstić information content (AvgIpc) is 3.39. The number of hydrogen-bond acceptors (Lipinski definition) is 1. The fourth-order valence-electron chi connectivity index (χ4n) is 12.5. The van der Waals surface area contributed by atoms with E-state index in [0.29, 0.717) is 29.6 Å². The van der Waals surface area contributed by atoms with Crippen molar-refractivity contribution in [3.63, 3.8) is 0 Å². The van der Waals surface area contributed by atoms with Crippen LogP contribution >= 0.6 is 11.8 Å². The monoisotopic (exact) mass is 826 g/mol. The van der Waals surface area contributed by atoms with Crippen molar-refractivity contribution in [1.82, 2.24) is 0 Å². The van der Waals surface area contributed by atoms with Crippen LogP contribution in [-0.4, -0.2) is 5.75 Å². The van der Waals surface area contributed by atoms with Crippen molar-refractivity contribution in [2.75, 3.05) is 5.75 Å². The minimum absolute atomic E-state index is 0.333. The van der Waals surface area contributed by atoms with Crippen LogP contribution in [0.3, 0.4) is 0 Å². The molecule has 0 N–H and O–H groups in total. The highest BCUT2D eigenvalue weighted by atomic mass is 32.2. The number of allylic oxidation sites excluding steroid dienone is 22. The highest BCUT2D eigenvalue weighted by Crippen LogP contribution is 2.56. The molecule has 1 aliphatic heterocycles. The van der Waals surface area contributed by atoms with Gasteiger partial charge in [-0.2, -0.15) is 0 Å². The first-order chi connectivity index (χ1) is 30.7. The maximum absolute atomic E-state index is 2.70. The number of benzene rings is 3. The number of thioether (sulfide) groups is 1. The van der Waals surface area contributed by atoms with Gasteiger partial charge < -0.3 is 0 Å². The summed E-state index contributed by atoms with van der Waals surface area (Å²) in [5, 5.41) is 2.67. The van der Waals surface area contributed by atoms with Crippen LogP contribution in [0.1, 0.15) is 125 Å². The molecule has 1 heteroatoms. The van der Waals surface area contributed by atoms with Crippen LogP contribution < -0.4 is 0 Å². The Morgan fingerprint density at radius 3 is 2.31 bits per heavy atom. The molecule has 0 aromatic heterocycles. The van der Waals surface area contributed by atoms with Gasteiger partial charge in [0.15, 0.2) is 0 Å². The molecule has 0 saturated carbocycles. The van der Waals surface area contributed by atoms with E-state index in [2.05, 4.69) is 164 Å². The standard InChI is InChI=1S/C61H62S/c1-41-50-30-16-17-31-51(50)60(48-35-34-42-20-14-15-29-47(42)38-48)56(43-21-6-2-7-22-43)40-62-61(57(41)44-23-8-3-9-24-44)49-36-37-54-55(39-49)59(46-27-12-5-13-28-46)53-33-19-18-32-52(53)58(54)45-25-10-4-11-26-45/h8,10,12,14-15,18-21,23-27,29,31-39,41,46,50,52,58H,2-7,9,11,13,16-17,22,28,30,40H2,1H3/b60-56+,61-57+. The minimum Gasteiger partial charge on any atom is -0.120 e. The molecular weight excluding hydrogens is 765 g/mol. The summed E-state index contributed by atoms with van der Waals surface area (Å²) in [6.07, 6.45) is 51.7. The molecule has 62 heavy (non-hydrogen) atoms. The number of rotatable bonds is 6. The average molecular weight is 827 g/mol. The lowest BCUT2D eigenvalue weighted by Crippen LogP contribution is -2.25. The van der Waals surface area contributed by atoms with E-state index < -0.39 is 0 Å². The van der Waals surface area contributed by atoms with Crippen LogP contribution in [0.2, 0.25) is 0 Å². The molecule has 1 heterocycles. The maximum atomic E-state index is 2.70. The van der Waals surface area contributed by atoms with Gasteiger partial charge in [-0.05, 0) is 197 Å². The van der Waals surface area contributed by atoms with Crippen molar-refractivity contribution in [2.24, 2.45) is 23.7 Å². The second-order valence-corrected chi connectivity index (χ2v) is 20.1. The zero-order chi connectivity index (χ0) is 41.4. The first-order valence-corrected chi connectivity index (χ1v) is 25.3.